The number of aromatic nitrogens is 1. The lowest BCUT2D eigenvalue weighted by Gasteiger charge is -2.48. The number of esters is 1. The third-order valence-electron chi connectivity index (χ3n) is 4.90. The number of fused-ring (bicyclic) bond motifs is 1. The lowest BCUT2D eigenvalue weighted by Crippen LogP contribution is -2.68. The number of ether oxygens (including phenoxy) is 2. The molecule has 154 valence electrons. The molecular weight excluding hydrogens is 402 g/mol. The zero-order valence-electron chi connectivity index (χ0n) is 16.4. The van der Waals surface area contributed by atoms with Gasteiger partial charge in [0.1, 0.15) is 29.5 Å². The van der Waals surface area contributed by atoms with Gasteiger partial charge in [-0.05, 0) is 41.5 Å². The summed E-state index contributed by atoms with van der Waals surface area (Å²) >= 11 is 1.54. The Hall–Kier alpha value is -3.10. The molecule has 2 aromatic rings. The van der Waals surface area contributed by atoms with Crippen molar-refractivity contribution in [1.29, 1.82) is 0 Å². The van der Waals surface area contributed by atoms with Gasteiger partial charge in [0, 0.05) is 11.9 Å². The van der Waals surface area contributed by atoms with E-state index in [9.17, 15) is 9.59 Å². The van der Waals surface area contributed by atoms with Crippen LogP contribution in [0.15, 0.2) is 66.0 Å². The predicted octanol–water partition coefficient (Wildman–Crippen LogP) is 2.34. The molecule has 0 radical (unpaired) electrons. The third kappa shape index (κ3) is 3.96. The summed E-state index contributed by atoms with van der Waals surface area (Å²) in [7, 11) is 1.59. The molecule has 1 fully saturated rings. The van der Waals surface area contributed by atoms with E-state index in [2.05, 4.69) is 4.98 Å². The van der Waals surface area contributed by atoms with E-state index in [0.29, 0.717) is 11.3 Å². The number of allylic oxidation sites excluding steroid dienone is 1. The normalized spacial score (nSPS) is 20.7. The molecule has 0 saturated carbocycles. The number of β-lactam (4-membered cyclic amide) rings is 1. The molecule has 0 bridgehead atoms. The fourth-order valence-corrected chi connectivity index (χ4v) is 4.52. The minimum absolute atomic E-state index is 0.0927. The van der Waals surface area contributed by atoms with Crippen molar-refractivity contribution in [3.05, 3.63) is 77.3 Å². The van der Waals surface area contributed by atoms with Crippen molar-refractivity contribution < 1.29 is 19.1 Å². The van der Waals surface area contributed by atoms with Gasteiger partial charge in [-0.3, -0.25) is 14.7 Å². The van der Waals surface area contributed by atoms with E-state index < -0.39 is 12.0 Å². The summed E-state index contributed by atoms with van der Waals surface area (Å²) in [5, 5.41) is -0.243. The summed E-state index contributed by atoms with van der Waals surface area (Å²) in [5.74, 6) is 0.463. The topological polar surface area (TPSA) is 94.7 Å². The number of nitrogens with two attached hydrogens (primary N) is 1. The lowest BCUT2D eigenvalue weighted by atomic mass is 10.0. The summed E-state index contributed by atoms with van der Waals surface area (Å²) in [6, 6.07) is 12.2. The smallest absolute Gasteiger partial charge is 0.355 e. The Morgan fingerprint density at radius 2 is 2.07 bits per heavy atom. The molecule has 2 aliphatic rings. The van der Waals surface area contributed by atoms with Crippen LogP contribution in [0.3, 0.4) is 0 Å². The Balaban J connectivity index is 1.56. The molecule has 1 saturated heterocycles. The van der Waals surface area contributed by atoms with E-state index in [1.165, 1.54) is 16.7 Å². The van der Waals surface area contributed by atoms with E-state index in [-0.39, 0.29) is 23.6 Å². The van der Waals surface area contributed by atoms with E-state index in [4.69, 9.17) is 15.2 Å². The van der Waals surface area contributed by atoms with Crippen molar-refractivity contribution in [1.82, 2.24) is 9.88 Å². The van der Waals surface area contributed by atoms with Gasteiger partial charge in [0.2, 0.25) is 5.91 Å². The lowest BCUT2D eigenvalue weighted by molar-refractivity contribution is -0.151. The Bertz CT molecular complexity index is 1000. The van der Waals surface area contributed by atoms with Crippen LogP contribution in [0.4, 0.5) is 0 Å². The van der Waals surface area contributed by atoms with Crippen molar-refractivity contribution in [3.63, 3.8) is 0 Å². The van der Waals surface area contributed by atoms with Gasteiger partial charge in [-0.15, -0.1) is 11.8 Å². The van der Waals surface area contributed by atoms with Gasteiger partial charge in [-0.1, -0.05) is 24.3 Å². The zero-order valence-corrected chi connectivity index (χ0v) is 17.2. The summed E-state index contributed by atoms with van der Waals surface area (Å²) in [6.45, 7) is 0.0927. The summed E-state index contributed by atoms with van der Waals surface area (Å²) in [5.41, 5.74) is 8.46. The monoisotopic (exact) mass is 423 g/mol. The highest BCUT2D eigenvalue weighted by molar-refractivity contribution is 8.00. The molecule has 8 heteroatoms. The number of pyridine rings is 1. The molecule has 0 aliphatic carbocycles. The highest BCUT2D eigenvalue weighted by Crippen LogP contribution is 2.40. The number of benzene rings is 1. The SMILES string of the molecule is COc1ccc(COC(=O)C2=C(/C=C/c3ccccn3)CS[C@@H]3C(N)C(=O)N23)cc1. The van der Waals surface area contributed by atoms with Crippen molar-refractivity contribution >= 4 is 29.7 Å². The number of methoxy groups -OCH3 is 1. The van der Waals surface area contributed by atoms with Gasteiger partial charge in [0.15, 0.2) is 0 Å². The van der Waals surface area contributed by atoms with Crippen LogP contribution < -0.4 is 10.5 Å². The fraction of sp³-hybridized carbons (Fsp3) is 0.227. The maximum atomic E-state index is 13.0. The van der Waals surface area contributed by atoms with E-state index >= 15 is 0 Å². The van der Waals surface area contributed by atoms with Crippen LogP contribution in [0.1, 0.15) is 11.3 Å². The van der Waals surface area contributed by atoms with Crippen LogP contribution in [0, 0.1) is 0 Å². The Labute approximate surface area is 178 Å². The van der Waals surface area contributed by atoms with Crippen LogP contribution in [0.25, 0.3) is 6.08 Å². The Morgan fingerprint density at radius 3 is 2.77 bits per heavy atom. The van der Waals surface area contributed by atoms with Crippen LogP contribution in [-0.4, -0.2) is 46.0 Å². The number of amides is 1. The van der Waals surface area contributed by atoms with Gasteiger partial charge < -0.3 is 15.2 Å². The highest BCUT2D eigenvalue weighted by Gasteiger charge is 2.51. The molecule has 2 N–H and O–H groups in total. The van der Waals surface area contributed by atoms with E-state index in [1.54, 1.807) is 25.4 Å². The standard InChI is InChI=1S/C22H21N3O4S/c1-28-17-9-5-14(6-10-17)12-29-22(27)19-15(7-8-16-4-2-3-11-24-16)13-30-21-18(23)20(26)25(19)21/h2-11,18,21H,12-13,23H2,1H3/b8-7+/t18?,21-/m1/s1. The minimum Gasteiger partial charge on any atom is -0.497 e. The molecule has 7 nitrogen and oxygen atoms in total. The van der Waals surface area contributed by atoms with Gasteiger partial charge in [0.05, 0.1) is 12.8 Å². The minimum atomic E-state index is -0.597. The van der Waals surface area contributed by atoms with Crippen LogP contribution in [-0.2, 0) is 20.9 Å². The maximum absolute atomic E-state index is 13.0. The molecule has 1 unspecified atom stereocenters. The summed E-state index contributed by atoms with van der Waals surface area (Å²) in [4.78, 5) is 31.0. The number of hydrogen-bond donors (Lipinski definition) is 1. The second-order valence-corrected chi connectivity index (χ2v) is 7.93. The highest BCUT2D eigenvalue weighted by atomic mass is 32.2. The molecule has 2 aliphatic heterocycles. The molecule has 2 atom stereocenters. The zero-order chi connectivity index (χ0) is 21.1. The first-order chi connectivity index (χ1) is 14.6. The predicted molar refractivity (Wildman–Crippen MR) is 114 cm³/mol. The van der Waals surface area contributed by atoms with Crippen molar-refractivity contribution in [3.8, 4) is 5.75 Å². The van der Waals surface area contributed by atoms with Gasteiger partial charge in [-0.2, -0.15) is 0 Å². The molecular formula is C22H21N3O4S. The van der Waals surface area contributed by atoms with Crippen molar-refractivity contribution in [2.24, 2.45) is 5.73 Å². The molecule has 1 amide bonds. The first-order valence-electron chi connectivity index (χ1n) is 9.41. The van der Waals surface area contributed by atoms with Crippen molar-refractivity contribution in [2.45, 2.75) is 18.0 Å². The van der Waals surface area contributed by atoms with Crippen LogP contribution in [0.2, 0.25) is 0 Å². The van der Waals surface area contributed by atoms with Gasteiger partial charge >= 0.3 is 5.97 Å². The second-order valence-electron chi connectivity index (χ2n) is 6.82. The van der Waals surface area contributed by atoms with E-state index in [0.717, 1.165) is 17.0 Å². The van der Waals surface area contributed by atoms with Crippen molar-refractivity contribution in [2.75, 3.05) is 12.9 Å². The Kier molecular flexibility index (Phi) is 5.87. The molecule has 0 spiro atoms. The number of rotatable bonds is 6. The van der Waals surface area contributed by atoms with E-state index in [1.807, 2.05) is 42.5 Å². The largest absolute Gasteiger partial charge is 0.497 e. The average molecular weight is 423 g/mol. The molecule has 1 aromatic carbocycles. The number of thioether (sulfide) groups is 1. The first-order valence-corrected chi connectivity index (χ1v) is 10.5. The van der Waals surface area contributed by atoms with Crippen LogP contribution in [0.5, 0.6) is 5.75 Å². The number of carbonyl (C=O) groups is 2. The molecule has 4 rings (SSSR count). The molecule has 30 heavy (non-hydrogen) atoms. The fourth-order valence-electron chi connectivity index (χ4n) is 3.26. The second kappa shape index (κ2) is 8.73. The molecule has 1 aromatic heterocycles. The van der Waals surface area contributed by atoms with Crippen LogP contribution >= 0.6 is 11.8 Å². The first kappa shape index (κ1) is 20.2. The number of nitrogens with zero attached hydrogens (tertiary/aromatic N) is 2. The Morgan fingerprint density at radius 1 is 1.27 bits per heavy atom. The number of carbonyl (C=O) groups excluding carboxylic acids is 2. The molecule has 3 heterocycles. The number of hydrogen-bond acceptors (Lipinski definition) is 7. The third-order valence-corrected chi connectivity index (χ3v) is 6.23. The average Bonchev–Trinajstić information content (AvgIpc) is 2.81. The quantitative estimate of drug-likeness (QED) is 0.563. The van der Waals surface area contributed by atoms with Gasteiger partial charge in [0.25, 0.3) is 0 Å². The van der Waals surface area contributed by atoms with Gasteiger partial charge in [-0.25, -0.2) is 4.79 Å². The summed E-state index contributed by atoms with van der Waals surface area (Å²) in [6.07, 6.45) is 5.32. The maximum Gasteiger partial charge on any atom is 0.355 e. The summed E-state index contributed by atoms with van der Waals surface area (Å²) < 4.78 is 10.7.